The molecule has 0 radical (unpaired) electrons. The molecule has 1 aromatic carbocycles. The van der Waals surface area contributed by atoms with Crippen LogP contribution in [0.5, 0.6) is 0 Å². The molecule has 106 valence electrons. The highest BCUT2D eigenvalue weighted by Crippen LogP contribution is 2.25. The van der Waals surface area contributed by atoms with Crippen LogP contribution in [0.3, 0.4) is 0 Å². The summed E-state index contributed by atoms with van der Waals surface area (Å²) in [6.45, 7) is 10.5. The number of hydrogen-bond donors (Lipinski definition) is 1. The molecule has 1 heterocycles. The van der Waals surface area contributed by atoms with Crippen LogP contribution in [0.25, 0.3) is 0 Å². The molecular formula is C15H24ClN3. The molecule has 2 rings (SSSR count). The summed E-state index contributed by atoms with van der Waals surface area (Å²) in [4.78, 5) is 4.96. The van der Waals surface area contributed by atoms with Crippen molar-refractivity contribution in [1.82, 2.24) is 9.80 Å². The van der Waals surface area contributed by atoms with Crippen molar-refractivity contribution < 1.29 is 0 Å². The van der Waals surface area contributed by atoms with Gasteiger partial charge in [-0.2, -0.15) is 0 Å². The predicted molar refractivity (Wildman–Crippen MR) is 81.7 cm³/mol. The van der Waals surface area contributed by atoms with E-state index in [1.807, 2.05) is 6.92 Å². The summed E-state index contributed by atoms with van der Waals surface area (Å²) in [5.74, 6) is 0. The lowest BCUT2D eigenvalue weighted by molar-refractivity contribution is 0.102. The fraction of sp³-hybridized carbons (Fsp3) is 0.600. The minimum Gasteiger partial charge on any atom is -0.329 e. The minimum absolute atomic E-state index is 0.289. The number of piperazine rings is 1. The van der Waals surface area contributed by atoms with E-state index in [9.17, 15) is 0 Å². The van der Waals surface area contributed by atoms with Crippen LogP contribution in [0.2, 0.25) is 5.02 Å². The van der Waals surface area contributed by atoms with Gasteiger partial charge in [0.25, 0.3) is 0 Å². The number of hydrogen-bond acceptors (Lipinski definition) is 3. The summed E-state index contributed by atoms with van der Waals surface area (Å²) in [6, 6.07) is 6.60. The predicted octanol–water partition coefficient (Wildman–Crippen LogP) is 2.29. The van der Waals surface area contributed by atoms with E-state index in [0.29, 0.717) is 6.54 Å². The molecule has 2 N–H and O–H groups in total. The Morgan fingerprint density at radius 3 is 2.47 bits per heavy atom. The summed E-state index contributed by atoms with van der Waals surface area (Å²) in [5.41, 5.74) is 8.35. The smallest absolute Gasteiger partial charge is 0.0472 e. The Morgan fingerprint density at radius 1 is 1.26 bits per heavy atom. The highest BCUT2D eigenvalue weighted by Gasteiger charge is 2.23. The normalized spacial score (nSPS) is 19.6. The molecular weight excluding hydrogens is 258 g/mol. The first-order valence-corrected chi connectivity index (χ1v) is 7.46. The second kappa shape index (κ2) is 6.71. The SMILES string of the molecule is CCN1CCN(C(CN)c2ccc(C)c(Cl)c2)CC1. The third kappa shape index (κ3) is 3.48. The monoisotopic (exact) mass is 281 g/mol. The number of likely N-dealkylation sites (N-methyl/N-ethyl adjacent to an activating group) is 1. The maximum atomic E-state index is 6.23. The summed E-state index contributed by atoms with van der Waals surface area (Å²) in [5, 5.41) is 0.836. The van der Waals surface area contributed by atoms with Crippen molar-refractivity contribution in [3.63, 3.8) is 0 Å². The van der Waals surface area contributed by atoms with Crippen LogP contribution in [-0.2, 0) is 0 Å². The lowest BCUT2D eigenvalue weighted by atomic mass is 10.0. The Labute approximate surface area is 121 Å². The van der Waals surface area contributed by atoms with E-state index in [2.05, 4.69) is 34.9 Å². The number of rotatable bonds is 4. The van der Waals surface area contributed by atoms with Gasteiger partial charge in [0.1, 0.15) is 0 Å². The fourth-order valence-corrected chi connectivity index (χ4v) is 2.89. The maximum Gasteiger partial charge on any atom is 0.0472 e. The first-order chi connectivity index (χ1) is 9.15. The van der Waals surface area contributed by atoms with E-state index in [1.165, 1.54) is 5.56 Å². The molecule has 1 fully saturated rings. The molecule has 0 bridgehead atoms. The van der Waals surface area contributed by atoms with E-state index in [-0.39, 0.29) is 6.04 Å². The topological polar surface area (TPSA) is 32.5 Å². The first kappa shape index (κ1) is 14.8. The minimum atomic E-state index is 0.289. The van der Waals surface area contributed by atoms with Gasteiger partial charge in [-0.3, -0.25) is 4.90 Å². The van der Waals surface area contributed by atoms with Gasteiger partial charge < -0.3 is 10.6 Å². The third-order valence-corrected chi connectivity index (χ3v) is 4.51. The molecule has 0 amide bonds. The molecule has 0 saturated carbocycles. The van der Waals surface area contributed by atoms with Crippen molar-refractivity contribution in [3.05, 3.63) is 34.3 Å². The number of halogens is 1. The standard InChI is InChI=1S/C15H24ClN3/c1-3-18-6-8-19(9-7-18)15(11-17)13-5-4-12(2)14(16)10-13/h4-5,10,15H,3,6-9,11,17H2,1-2H3. The number of nitrogens with zero attached hydrogens (tertiary/aromatic N) is 2. The molecule has 1 saturated heterocycles. The summed E-state index contributed by atoms with van der Waals surface area (Å²) in [6.07, 6.45) is 0. The molecule has 3 nitrogen and oxygen atoms in total. The molecule has 1 unspecified atom stereocenters. The Bertz CT molecular complexity index is 414. The Hall–Kier alpha value is -0.610. The summed E-state index contributed by atoms with van der Waals surface area (Å²) < 4.78 is 0. The zero-order valence-corrected chi connectivity index (χ0v) is 12.7. The van der Waals surface area contributed by atoms with Crippen LogP contribution in [0.1, 0.15) is 24.1 Å². The molecule has 19 heavy (non-hydrogen) atoms. The molecule has 0 aliphatic carbocycles. The average molecular weight is 282 g/mol. The number of benzene rings is 1. The second-order valence-corrected chi connectivity index (χ2v) is 5.64. The lowest BCUT2D eigenvalue weighted by Crippen LogP contribution is -2.48. The van der Waals surface area contributed by atoms with Crippen LogP contribution < -0.4 is 5.73 Å². The van der Waals surface area contributed by atoms with Crippen molar-refractivity contribution in [2.45, 2.75) is 19.9 Å². The number of aryl methyl sites for hydroxylation is 1. The van der Waals surface area contributed by atoms with Crippen molar-refractivity contribution in [2.24, 2.45) is 5.73 Å². The van der Waals surface area contributed by atoms with Gasteiger partial charge in [-0.05, 0) is 30.7 Å². The van der Waals surface area contributed by atoms with Crippen molar-refractivity contribution >= 4 is 11.6 Å². The van der Waals surface area contributed by atoms with Gasteiger partial charge in [0.05, 0.1) is 0 Å². The van der Waals surface area contributed by atoms with Gasteiger partial charge in [0.15, 0.2) is 0 Å². The van der Waals surface area contributed by atoms with Crippen molar-refractivity contribution in [2.75, 3.05) is 39.3 Å². The lowest BCUT2D eigenvalue weighted by Gasteiger charge is -2.38. The van der Waals surface area contributed by atoms with Crippen LogP contribution in [0, 0.1) is 6.92 Å². The van der Waals surface area contributed by atoms with E-state index in [1.54, 1.807) is 0 Å². The Kier molecular flexibility index (Phi) is 5.22. The highest BCUT2D eigenvalue weighted by molar-refractivity contribution is 6.31. The van der Waals surface area contributed by atoms with Crippen LogP contribution in [-0.4, -0.2) is 49.1 Å². The zero-order chi connectivity index (χ0) is 13.8. The van der Waals surface area contributed by atoms with E-state index >= 15 is 0 Å². The Morgan fingerprint density at radius 2 is 1.95 bits per heavy atom. The van der Waals surface area contributed by atoms with Gasteiger partial charge in [-0.1, -0.05) is 30.7 Å². The third-order valence-electron chi connectivity index (χ3n) is 4.10. The van der Waals surface area contributed by atoms with Crippen LogP contribution in [0.15, 0.2) is 18.2 Å². The van der Waals surface area contributed by atoms with Gasteiger partial charge in [0.2, 0.25) is 0 Å². The maximum absolute atomic E-state index is 6.23. The molecule has 1 atom stereocenters. The van der Waals surface area contributed by atoms with Crippen LogP contribution in [0.4, 0.5) is 0 Å². The van der Waals surface area contributed by atoms with Crippen LogP contribution >= 0.6 is 11.6 Å². The van der Waals surface area contributed by atoms with E-state index < -0.39 is 0 Å². The molecule has 1 aliphatic heterocycles. The zero-order valence-electron chi connectivity index (χ0n) is 11.9. The number of nitrogens with two attached hydrogens (primary N) is 1. The molecule has 0 spiro atoms. The Balaban J connectivity index is 2.09. The van der Waals surface area contributed by atoms with Gasteiger partial charge in [-0.15, -0.1) is 0 Å². The first-order valence-electron chi connectivity index (χ1n) is 7.08. The molecule has 4 heteroatoms. The van der Waals surface area contributed by atoms with Crippen molar-refractivity contribution in [1.29, 1.82) is 0 Å². The van der Waals surface area contributed by atoms with Gasteiger partial charge in [-0.25, -0.2) is 0 Å². The van der Waals surface area contributed by atoms with E-state index in [0.717, 1.165) is 43.3 Å². The van der Waals surface area contributed by atoms with E-state index in [4.69, 9.17) is 17.3 Å². The molecule has 0 aromatic heterocycles. The quantitative estimate of drug-likeness (QED) is 0.919. The summed E-state index contributed by atoms with van der Waals surface area (Å²) in [7, 11) is 0. The average Bonchev–Trinajstić information content (AvgIpc) is 2.44. The van der Waals surface area contributed by atoms with Crippen molar-refractivity contribution in [3.8, 4) is 0 Å². The molecule has 1 aliphatic rings. The largest absolute Gasteiger partial charge is 0.329 e. The van der Waals surface area contributed by atoms with Gasteiger partial charge >= 0.3 is 0 Å². The highest BCUT2D eigenvalue weighted by atomic mass is 35.5. The summed E-state index contributed by atoms with van der Waals surface area (Å²) >= 11 is 6.23. The second-order valence-electron chi connectivity index (χ2n) is 5.23. The molecule has 1 aromatic rings. The van der Waals surface area contributed by atoms with Gasteiger partial charge in [0, 0.05) is 43.8 Å². The fourth-order valence-electron chi connectivity index (χ4n) is 2.70.